The zero-order valence-electron chi connectivity index (χ0n) is 14.5. The van der Waals surface area contributed by atoms with Gasteiger partial charge in [-0.15, -0.1) is 0 Å². The summed E-state index contributed by atoms with van der Waals surface area (Å²) in [5.74, 6) is -0.315. The highest BCUT2D eigenvalue weighted by Gasteiger charge is 2.34. The van der Waals surface area contributed by atoms with Gasteiger partial charge in [0.15, 0.2) is 4.32 Å². The first kappa shape index (κ1) is 19.8. The van der Waals surface area contributed by atoms with Gasteiger partial charge in [-0.2, -0.15) is 0 Å². The van der Waals surface area contributed by atoms with E-state index in [1.807, 2.05) is 42.5 Å². The van der Waals surface area contributed by atoms with E-state index in [9.17, 15) is 14.9 Å². The van der Waals surface area contributed by atoms with E-state index in [1.165, 1.54) is 23.1 Å². The molecule has 0 bridgehead atoms. The summed E-state index contributed by atoms with van der Waals surface area (Å²) in [6, 6.07) is 15.9. The third kappa shape index (κ3) is 3.62. The number of benzene rings is 3. The van der Waals surface area contributed by atoms with Crippen molar-refractivity contribution in [3.8, 4) is 0 Å². The predicted molar refractivity (Wildman–Crippen MR) is 123 cm³/mol. The van der Waals surface area contributed by atoms with E-state index in [-0.39, 0.29) is 21.6 Å². The fraction of sp³-hybridized carbons (Fsp3) is 0. The number of anilines is 1. The van der Waals surface area contributed by atoms with Gasteiger partial charge in [0.05, 0.1) is 15.5 Å². The molecule has 5 nitrogen and oxygen atoms in total. The van der Waals surface area contributed by atoms with Gasteiger partial charge in [-0.05, 0) is 23.6 Å². The van der Waals surface area contributed by atoms with Gasteiger partial charge in [-0.1, -0.05) is 83.6 Å². The van der Waals surface area contributed by atoms with Crippen molar-refractivity contribution in [3.63, 3.8) is 0 Å². The number of carbonyl (C=O) groups excluding carboxylic acids is 1. The minimum atomic E-state index is -0.600. The van der Waals surface area contributed by atoms with Crippen LogP contribution in [0.5, 0.6) is 0 Å². The van der Waals surface area contributed by atoms with E-state index < -0.39 is 4.92 Å². The Morgan fingerprint density at radius 2 is 1.79 bits per heavy atom. The van der Waals surface area contributed by atoms with Crippen molar-refractivity contribution >= 4 is 85.6 Å². The molecule has 0 saturated carbocycles. The molecule has 0 radical (unpaired) electrons. The number of halogens is 2. The van der Waals surface area contributed by atoms with Crippen molar-refractivity contribution in [3.05, 3.63) is 85.2 Å². The number of thiocarbonyl (C=S) groups is 1. The molecule has 3 aromatic carbocycles. The molecule has 1 heterocycles. The van der Waals surface area contributed by atoms with Gasteiger partial charge in [-0.25, -0.2) is 0 Å². The number of carbonyl (C=O) groups is 1. The Kier molecular flexibility index (Phi) is 5.31. The molecule has 3 aromatic rings. The highest BCUT2D eigenvalue weighted by atomic mass is 35.5. The molecule has 1 saturated heterocycles. The molecule has 0 atom stereocenters. The van der Waals surface area contributed by atoms with Crippen LogP contribution in [-0.2, 0) is 4.79 Å². The molecule has 0 N–H and O–H groups in total. The minimum absolute atomic E-state index is 0.0690. The van der Waals surface area contributed by atoms with Crippen LogP contribution in [0.1, 0.15) is 5.56 Å². The summed E-state index contributed by atoms with van der Waals surface area (Å²) in [4.78, 5) is 25.4. The maximum absolute atomic E-state index is 13.1. The summed E-state index contributed by atoms with van der Waals surface area (Å²) in [7, 11) is 0. The SMILES string of the molecule is O=C1/C(=C\c2cc([N+](=O)[O-])c(Cl)cc2Cl)SC(=S)N1c1cccc2ccccc12. The van der Waals surface area contributed by atoms with Crippen molar-refractivity contribution in [2.75, 3.05) is 4.90 Å². The second-order valence-electron chi connectivity index (χ2n) is 6.10. The monoisotopic (exact) mass is 460 g/mol. The maximum atomic E-state index is 13.1. The second-order valence-corrected chi connectivity index (χ2v) is 8.59. The van der Waals surface area contributed by atoms with Gasteiger partial charge in [0, 0.05) is 22.0 Å². The smallest absolute Gasteiger partial charge is 0.268 e. The number of nitro groups is 1. The Morgan fingerprint density at radius 3 is 2.55 bits per heavy atom. The van der Waals surface area contributed by atoms with Crippen molar-refractivity contribution < 1.29 is 9.72 Å². The largest absolute Gasteiger partial charge is 0.288 e. The number of amides is 1. The third-order valence-corrected chi connectivity index (χ3v) is 6.28. The quantitative estimate of drug-likeness (QED) is 0.194. The Labute approximate surface area is 185 Å². The van der Waals surface area contributed by atoms with Gasteiger partial charge < -0.3 is 0 Å². The number of hydrogen-bond donors (Lipinski definition) is 0. The lowest BCUT2D eigenvalue weighted by Gasteiger charge is -2.17. The van der Waals surface area contributed by atoms with Crippen LogP contribution in [0.15, 0.2) is 59.5 Å². The first-order valence-electron chi connectivity index (χ1n) is 8.26. The first-order valence-corrected chi connectivity index (χ1v) is 10.2. The number of nitrogens with zero attached hydrogens (tertiary/aromatic N) is 2. The van der Waals surface area contributed by atoms with Gasteiger partial charge >= 0.3 is 0 Å². The summed E-state index contributed by atoms with van der Waals surface area (Å²) < 4.78 is 0.372. The van der Waals surface area contributed by atoms with Gasteiger partial charge in [-0.3, -0.25) is 19.8 Å². The number of nitro benzene ring substituents is 1. The molecule has 0 spiro atoms. The van der Waals surface area contributed by atoms with Crippen LogP contribution in [0.2, 0.25) is 10.0 Å². The van der Waals surface area contributed by atoms with Crippen LogP contribution in [0, 0.1) is 10.1 Å². The lowest BCUT2D eigenvalue weighted by atomic mass is 10.1. The highest BCUT2D eigenvalue weighted by molar-refractivity contribution is 8.27. The fourth-order valence-electron chi connectivity index (χ4n) is 3.02. The van der Waals surface area contributed by atoms with Crippen molar-refractivity contribution in [2.45, 2.75) is 0 Å². The zero-order chi connectivity index (χ0) is 20.7. The number of fused-ring (bicyclic) bond motifs is 1. The standard InChI is InChI=1S/C20H10Cl2N2O3S2/c21-14-10-15(22)17(24(26)27)8-12(14)9-18-19(25)23(20(28)29-18)16-7-3-5-11-4-1-2-6-13(11)16/h1-10H/b18-9+. The fourth-order valence-corrected chi connectivity index (χ4v) is 4.81. The molecule has 144 valence electrons. The molecule has 1 aliphatic heterocycles. The van der Waals surface area contributed by atoms with Crippen LogP contribution in [0.3, 0.4) is 0 Å². The average Bonchev–Trinajstić information content (AvgIpc) is 2.96. The molecule has 29 heavy (non-hydrogen) atoms. The van der Waals surface area contributed by atoms with Crippen LogP contribution in [-0.4, -0.2) is 15.2 Å². The van der Waals surface area contributed by atoms with E-state index in [0.717, 1.165) is 22.5 Å². The van der Waals surface area contributed by atoms with E-state index in [4.69, 9.17) is 35.4 Å². The maximum Gasteiger partial charge on any atom is 0.288 e. The topological polar surface area (TPSA) is 63.4 Å². The average molecular weight is 461 g/mol. The first-order chi connectivity index (χ1) is 13.9. The van der Waals surface area contributed by atoms with E-state index >= 15 is 0 Å². The van der Waals surface area contributed by atoms with E-state index in [2.05, 4.69) is 0 Å². The number of hydrogen-bond acceptors (Lipinski definition) is 5. The summed E-state index contributed by atoms with van der Waals surface area (Å²) in [6.45, 7) is 0. The van der Waals surface area contributed by atoms with Crippen LogP contribution in [0.4, 0.5) is 11.4 Å². The van der Waals surface area contributed by atoms with Crippen molar-refractivity contribution in [1.82, 2.24) is 0 Å². The minimum Gasteiger partial charge on any atom is -0.268 e. The second kappa shape index (κ2) is 7.76. The molecule has 4 rings (SSSR count). The molecular formula is C20H10Cl2N2O3S2. The Morgan fingerprint density at radius 1 is 1.07 bits per heavy atom. The molecule has 1 amide bonds. The molecule has 0 aromatic heterocycles. The Bertz CT molecular complexity index is 1240. The summed E-state index contributed by atoms with van der Waals surface area (Å²) >= 11 is 18.6. The van der Waals surface area contributed by atoms with Gasteiger partial charge in [0.25, 0.3) is 11.6 Å². The highest BCUT2D eigenvalue weighted by Crippen LogP contribution is 2.40. The van der Waals surface area contributed by atoms with Crippen LogP contribution >= 0.6 is 47.2 Å². The van der Waals surface area contributed by atoms with Crippen LogP contribution in [0.25, 0.3) is 16.8 Å². The van der Waals surface area contributed by atoms with Gasteiger partial charge in [0.2, 0.25) is 0 Å². The number of thioether (sulfide) groups is 1. The van der Waals surface area contributed by atoms with Gasteiger partial charge in [0.1, 0.15) is 5.02 Å². The summed E-state index contributed by atoms with van der Waals surface area (Å²) in [5, 5.41) is 13.2. The summed E-state index contributed by atoms with van der Waals surface area (Å²) in [6.07, 6.45) is 1.50. The molecule has 0 aliphatic carbocycles. The van der Waals surface area contributed by atoms with E-state index in [1.54, 1.807) is 0 Å². The third-order valence-electron chi connectivity index (χ3n) is 4.35. The zero-order valence-corrected chi connectivity index (χ0v) is 17.6. The summed E-state index contributed by atoms with van der Waals surface area (Å²) in [5.41, 5.74) is 0.718. The molecular weight excluding hydrogens is 451 g/mol. The van der Waals surface area contributed by atoms with Crippen molar-refractivity contribution in [2.24, 2.45) is 0 Å². The predicted octanol–water partition coefficient (Wildman–Crippen LogP) is 6.46. The Balaban J connectivity index is 1.78. The molecule has 0 unspecified atom stereocenters. The lowest BCUT2D eigenvalue weighted by Crippen LogP contribution is -2.27. The Hall–Kier alpha value is -2.45. The molecule has 1 aliphatic rings. The lowest BCUT2D eigenvalue weighted by molar-refractivity contribution is -0.384. The molecule has 9 heteroatoms. The number of rotatable bonds is 3. The van der Waals surface area contributed by atoms with Crippen LogP contribution < -0.4 is 4.90 Å². The normalized spacial score (nSPS) is 15.5. The molecule has 1 fully saturated rings. The van der Waals surface area contributed by atoms with E-state index in [0.29, 0.717) is 20.5 Å². The van der Waals surface area contributed by atoms with Crippen molar-refractivity contribution in [1.29, 1.82) is 0 Å².